The molecule has 0 aliphatic carbocycles. The van der Waals surface area contributed by atoms with Crippen molar-refractivity contribution < 1.29 is 14.3 Å². The number of halogens is 2. The van der Waals surface area contributed by atoms with E-state index in [2.05, 4.69) is 0 Å². The van der Waals surface area contributed by atoms with Gasteiger partial charge in [0.1, 0.15) is 18.2 Å². The van der Waals surface area contributed by atoms with Gasteiger partial charge in [-0.1, -0.05) is 29.3 Å². The van der Waals surface area contributed by atoms with Gasteiger partial charge in [-0.25, -0.2) is 4.79 Å². The third-order valence-corrected chi connectivity index (χ3v) is 2.69. The molecule has 0 N–H and O–H groups in total. The first-order chi connectivity index (χ1) is 9.08. The summed E-state index contributed by atoms with van der Waals surface area (Å²) >= 11 is 11.7. The molecule has 0 radical (unpaired) electrons. The molecule has 0 unspecified atom stereocenters. The summed E-state index contributed by atoms with van der Waals surface area (Å²) in [7, 11) is 1.49. The second kappa shape index (κ2) is 7.80. The van der Waals surface area contributed by atoms with E-state index in [1.54, 1.807) is 18.2 Å². The van der Waals surface area contributed by atoms with Crippen LogP contribution in [0, 0.1) is 11.3 Å². The third kappa shape index (κ3) is 4.92. The van der Waals surface area contributed by atoms with Gasteiger partial charge in [0.15, 0.2) is 0 Å². The van der Waals surface area contributed by atoms with Crippen molar-refractivity contribution in [3.8, 4) is 6.07 Å². The Kier molecular flexibility index (Phi) is 6.37. The zero-order chi connectivity index (χ0) is 14.3. The number of ether oxygens (including phenoxy) is 2. The van der Waals surface area contributed by atoms with Gasteiger partial charge < -0.3 is 9.47 Å². The molecular weight excluding hydrogens is 289 g/mol. The Hall–Kier alpha value is -1.54. The van der Waals surface area contributed by atoms with E-state index in [1.165, 1.54) is 19.3 Å². The van der Waals surface area contributed by atoms with Crippen LogP contribution in [0.4, 0.5) is 0 Å². The van der Waals surface area contributed by atoms with Gasteiger partial charge in [-0.3, -0.25) is 0 Å². The fourth-order valence-corrected chi connectivity index (χ4v) is 1.67. The van der Waals surface area contributed by atoms with Gasteiger partial charge in [0.05, 0.1) is 6.61 Å². The van der Waals surface area contributed by atoms with Crippen LogP contribution in [0.3, 0.4) is 0 Å². The summed E-state index contributed by atoms with van der Waals surface area (Å²) in [6, 6.07) is 6.53. The fourth-order valence-electron chi connectivity index (χ4n) is 1.21. The summed E-state index contributed by atoms with van der Waals surface area (Å²) in [5.41, 5.74) is 0.381. The summed E-state index contributed by atoms with van der Waals surface area (Å²) in [6.07, 6.45) is 1.35. The van der Waals surface area contributed by atoms with Gasteiger partial charge in [0.25, 0.3) is 0 Å². The largest absolute Gasteiger partial charge is 0.459 e. The summed E-state index contributed by atoms with van der Waals surface area (Å²) in [5, 5.41) is 9.77. The first-order valence-electron chi connectivity index (χ1n) is 5.31. The van der Waals surface area contributed by atoms with Crippen LogP contribution < -0.4 is 0 Å². The zero-order valence-corrected chi connectivity index (χ0v) is 11.7. The van der Waals surface area contributed by atoms with Crippen LogP contribution in [0.2, 0.25) is 10.0 Å². The van der Waals surface area contributed by atoms with Gasteiger partial charge in [-0.05, 0) is 23.8 Å². The normalized spacial score (nSPS) is 10.9. The Balaban J connectivity index is 2.87. The lowest BCUT2D eigenvalue weighted by molar-refractivity contribution is -0.139. The Morgan fingerprint density at radius 3 is 2.74 bits per heavy atom. The standard InChI is InChI=1S/C13H11Cl2NO3/c1-18-4-5-19-13(17)10(8-16)6-9-2-3-11(14)7-12(9)15/h2-3,6-7H,4-5H2,1H3/b10-6+. The molecule has 0 heterocycles. The van der Waals surface area contributed by atoms with Gasteiger partial charge in [-0.15, -0.1) is 0 Å². The molecule has 0 spiro atoms. The van der Waals surface area contributed by atoms with E-state index in [4.69, 9.17) is 37.9 Å². The maximum Gasteiger partial charge on any atom is 0.348 e. The molecule has 1 aromatic carbocycles. The number of carbonyl (C=O) groups excluding carboxylic acids is 1. The molecule has 0 aliphatic rings. The average molecular weight is 300 g/mol. The smallest absolute Gasteiger partial charge is 0.348 e. The lowest BCUT2D eigenvalue weighted by atomic mass is 10.1. The number of carbonyl (C=O) groups is 1. The second-order valence-electron chi connectivity index (χ2n) is 3.46. The van der Waals surface area contributed by atoms with Gasteiger partial charge >= 0.3 is 5.97 Å². The van der Waals surface area contributed by atoms with E-state index in [1.807, 2.05) is 0 Å². The maximum absolute atomic E-state index is 11.6. The summed E-state index contributed by atoms with van der Waals surface area (Å²) in [6.45, 7) is 0.356. The van der Waals surface area contributed by atoms with Crippen molar-refractivity contribution in [2.45, 2.75) is 0 Å². The van der Waals surface area contributed by atoms with Gasteiger partial charge in [0, 0.05) is 17.2 Å². The van der Waals surface area contributed by atoms with Crippen molar-refractivity contribution in [3.05, 3.63) is 39.4 Å². The zero-order valence-electron chi connectivity index (χ0n) is 10.2. The monoisotopic (exact) mass is 299 g/mol. The van der Waals surface area contributed by atoms with Gasteiger partial charge in [0.2, 0.25) is 0 Å². The van der Waals surface area contributed by atoms with Crippen molar-refractivity contribution in [1.29, 1.82) is 5.26 Å². The van der Waals surface area contributed by atoms with Crippen LogP contribution in [0.25, 0.3) is 6.08 Å². The van der Waals surface area contributed by atoms with E-state index < -0.39 is 5.97 Å². The molecule has 0 aromatic heterocycles. The Morgan fingerprint density at radius 2 is 2.16 bits per heavy atom. The van der Waals surface area contributed by atoms with E-state index in [9.17, 15) is 4.79 Å². The quantitative estimate of drug-likeness (QED) is 0.363. The third-order valence-electron chi connectivity index (χ3n) is 2.12. The Labute approximate surface area is 121 Å². The number of nitrogens with zero attached hydrogens (tertiary/aromatic N) is 1. The Morgan fingerprint density at radius 1 is 1.42 bits per heavy atom. The van der Waals surface area contributed by atoms with Crippen molar-refractivity contribution in [1.82, 2.24) is 0 Å². The second-order valence-corrected chi connectivity index (χ2v) is 4.31. The minimum atomic E-state index is -0.717. The fraction of sp³-hybridized carbons (Fsp3) is 0.231. The molecule has 1 aromatic rings. The average Bonchev–Trinajstić information content (AvgIpc) is 2.38. The topological polar surface area (TPSA) is 59.3 Å². The highest BCUT2D eigenvalue weighted by atomic mass is 35.5. The number of nitriles is 1. The first kappa shape index (κ1) is 15.5. The highest BCUT2D eigenvalue weighted by molar-refractivity contribution is 6.35. The number of benzene rings is 1. The summed E-state index contributed by atoms with van der Waals surface area (Å²) in [5.74, 6) is -0.717. The van der Waals surface area contributed by atoms with E-state index >= 15 is 0 Å². The molecule has 0 saturated carbocycles. The molecule has 0 atom stereocenters. The number of rotatable bonds is 5. The van der Waals surface area contributed by atoms with Crippen molar-refractivity contribution >= 4 is 35.2 Å². The molecule has 6 heteroatoms. The lowest BCUT2D eigenvalue weighted by Gasteiger charge is -2.03. The lowest BCUT2D eigenvalue weighted by Crippen LogP contribution is -2.11. The minimum absolute atomic E-state index is 0.0860. The summed E-state index contributed by atoms with van der Waals surface area (Å²) < 4.78 is 9.59. The van der Waals surface area contributed by atoms with Crippen molar-refractivity contribution in [2.75, 3.05) is 20.3 Å². The molecule has 0 saturated heterocycles. The van der Waals surface area contributed by atoms with Crippen molar-refractivity contribution in [3.63, 3.8) is 0 Å². The Bertz CT molecular complexity index is 535. The van der Waals surface area contributed by atoms with Crippen LogP contribution in [-0.4, -0.2) is 26.3 Å². The van der Waals surface area contributed by atoms with E-state index in [-0.39, 0.29) is 18.8 Å². The number of hydrogen-bond donors (Lipinski definition) is 0. The molecule has 1 rings (SSSR count). The first-order valence-corrected chi connectivity index (χ1v) is 6.07. The minimum Gasteiger partial charge on any atom is -0.459 e. The SMILES string of the molecule is COCCOC(=O)/C(C#N)=C/c1ccc(Cl)cc1Cl. The van der Waals surface area contributed by atoms with Crippen LogP contribution in [0.1, 0.15) is 5.56 Å². The number of esters is 1. The molecule has 0 bridgehead atoms. The molecule has 19 heavy (non-hydrogen) atoms. The number of methoxy groups -OCH3 is 1. The molecule has 0 fully saturated rings. The molecule has 100 valence electrons. The molecule has 0 aliphatic heterocycles. The van der Waals surface area contributed by atoms with Gasteiger partial charge in [-0.2, -0.15) is 5.26 Å². The van der Waals surface area contributed by atoms with E-state index in [0.717, 1.165) is 0 Å². The highest BCUT2D eigenvalue weighted by Gasteiger charge is 2.11. The predicted octanol–water partition coefficient (Wildman–Crippen LogP) is 3.09. The summed E-state index contributed by atoms with van der Waals surface area (Å²) in [4.78, 5) is 11.6. The predicted molar refractivity (Wildman–Crippen MR) is 72.9 cm³/mol. The van der Waals surface area contributed by atoms with Crippen LogP contribution >= 0.6 is 23.2 Å². The number of hydrogen-bond acceptors (Lipinski definition) is 4. The van der Waals surface area contributed by atoms with Crippen molar-refractivity contribution in [2.24, 2.45) is 0 Å². The highest BCUT2D eigenvalue weighted by Crippen LogP contribution is 2.23. The molecule has 4 nitrogen and oxygen atoms in total. The van der Waals surface area contributed by atoms with E-state index in [0.29, 0.717) is 15.6 Å². The maximum atomic E-state index is 11.6. The molecule has 0 amide bonds. The van der Waals surface area contributed by atoms with Crippen LogP contribution in [0.15, 0.2) is 23.8 Å². The van der Waals surface area contributed by atoms with Crippen LogP contribution in [0.5, 0.6) is 0 Å². The molecular formula is C13H11Cl2NO3. The van der Waals surface area contributed by atoms with Crippen LogP contribution in [-0.2, 0) is 14.3 Å².